The van der Waals surface area contributed by atoms with E-state index in [-0.39, 0.29) is 18.3 Å². The Bertz CT molecular complexity index is 981. The Morgan fingerprint density at radius 3 is 2.75 bits per heavy atom. The Kier molecular flexibility index (Phi) is 5.30. The van der Waals surface area contributed by atoms with Crippen molar-refractivity contribution < 1.29 is 18.7 Å². The fourth-order valence-electron chi connectivity index (χ4n) is 3.73. The third-order valence-corrected chi connectivity index (χ3v) is 5.15. The summed E-state index contributed by atoms with van der Waals surface area (Å²) in [4.78, 5) is 14.5. The van der Waals surface area contributed by atoms with Gasteiger partial charge in [0.1, 0.15) is 11.6 Å². The van der Waals surface area contributed by atoms with Gasteiger partial charge < -0.3 is 18.9 Å². The second kappa shape index (κ2) is 8.02. The Balaban J connectivity index is 1.49. The van der Waals surface area contributed by atoms with E-state index in [0.29, 0.717) is 25.4 Å². The summed E-state index contributed by atoms with van der Waals surface area (Å²) in [6, 6.07) is 11.9. The molecule has 4 rings (SSSR count). The van der Waals surface area contributed by atoms with Crippen molar-refractivity contribution in [2.24, 2.45) is 0 Å². The van der Waals surface area contributed by atoms with E-state index in [1.54, 1.807) is 7.11 Å². The smallest absolute Gasteiger partial charge is 0.260 e. The van der Waals surface area contributed by atoms with Gasteiger partial charge in [0, 0.05) is 43.8 Å². The molecule has 146 valence electrons. The van der Waals surface area contributed by atoms with Gasteiger partial charge in [-0.15, -0.1) is 0 Å². The second-order valence-electron chi connectivity index (χ2n) is 6.96. The summed E-state index contributed by atoms with van der Waals surface area (Å²) in [5, 5.41) is 1.24. The number of ether oxygens (including phenoxy) is 2. The first-order valence-electron chi connectivity index (χ1n) is 9.40. The van der Waals surface area contributed by atoms with Gasteiger partial charge in [-0.05, 0) is 47.9 Å². The molecule has 28 heavy (non-hydrogen) atoms. The van der Waals surface area contributed by atoms with Gasteiger partial charge in [0.05, 0.1) is 6.61 Å². The van der Waals surface area contributed by atoms with E-state index < -0.39 is 0 Å². The summed E-state index contributed by atoms with van der Waals surface area (Å²) in [7, 11) is 1.71. The standard InChI is InChI=1S/C22H23FN2O3/c1-27-12-11-24-13-17-9-10-25(14-16-3-2-4-20(24)22(16)17)21(26)15-28-19-7-5-18(23)6-8-19/h2-8,13H,9-12,14-15H2,1H3. The van der Waals surface area contributed by atoms with Gasteiger partial charge in [0.15, 0.2) is 6.61 Å². The highest BCUT2D eigenvalue weighted by Crippen LogP contribution is 2.29. The van der Waals surface area contributed by atoms with Crippen LogP contribution in [0.2, 0.25) is 0 Å². The lowest BCUT2D eigenvalue weighted by Crippen LogP contribution is -2.35. The summed E-state index contributed by atoms with van der Waals surface area (Å²) in [6.07, 6.45) is 2.98. The summed E-state index contributed by atoms with van der Waals surface area (Å²) >= 11 is 0. The number of hydrogen-bond acceptors (Lipinski definition) is 3. The first-order chi connectivity index (χ1) is 13.7. The molecular weight excluding hydrogens is 359 g/mol. The number of halogens is 1. The van der Waals surface area contributed by atoms with Crippen molar-refractivity contribution in [1.82, 2.24) is 9.47 Å². The minimum atomic E-state index is -0.327. The van der Waals surface area contributed by atoms with Crippen molar-refractivity contribution in [3.63, 3.8) is 0 Å². The number of nitrogens with zero attached hydrogens (tertiary/aromatic N) is 2. The van der Waals surface area contributed by atoms with Crippen LogP contribution in [-0.4, -0.2) is 42.2 Å². The molecule has 0 saturated carbocycles. The van der Waals surface area contributed by atoms with E-state index in [1.807, 2.05) is 11.0 Å². The molecule has 1 aromatic heterocycles. The lowest BCUT2D eigenvalue weighted by molar-refractivity contribution is -0.133. The van der Waals surface area contributed by atoms with Gasteiger partial charge in [-0.2, -0.15) is 0 Å². The number of carbonyl (C=O) groups excluding carboxylic acids is 1. The lowest BCUT2D eigenvalue weighted by atomic mass is 10.1. The van der Waals surface area contributed by atoms with Crippen LogP contribution in [0.15, 0.2) is 48.7 Å². The maximum atomic E-state index is 13.0. The summed E-state index contributed by atoms with van der Waals surface area (Å²) in [5.74, 6) is 0.0911. The van der Waals surface area contributed by atoms with Gasteiger partial charge in [-0.3, -0.25) is 4.79 Å². The molecule has 0 radical (unpaired) electrons. The molecule has 0 aliphatic carbocycles. The van der Waals surface area contributed by atoms with Crippen molar-refractivity contribution in [1.29, 1.82) is 0 Å². The number of methoxy groups -OCH3 is 1. The van der Waals surface area contributed by atoms with Crippen LogP contribution in [0.25, 0.3) is 10.9 Å². The zero-order valence-electron chi connectivity index (χ0n) is 15.9. The third kappa shape index (κ3) is 3.73. The quantitative estimate of drug-likeness (QED) is 0.656. The van der Waals surface area contributed by atoms with Gasteiger partial charge in [0.25, 0.3) is 5.91 Å². The van der Waals surface area contributed by atoms with Gasteiger partial charge in [-0.25, -0.2) is 4.39 Å². The van der Waals surface area contributed by atoms with Crippen molar-refractivity contribution in [3.8, 4) is 5.75 Å². The largest absolute Gasteiger partial charge is 0.484 e. The average Bonchev–Trinajstić information content (AvgIpc) is 2.95. The van der Waals surface area contributed by atoms with Crippen LogP contribution in [0.5, 0.6) is 5.75 Å². The zero-order chi connectivity index (χ0) is 19.5. The van der Waals surface area contributed by atoms with Crippen LogP contribution in [0, 0.1) is 5.82 Å². The first-order valence-corrected chi connectivity index (χ1v) is 9.40. The molecule has 3 aromatic rings. The van der Waals surface area contributed by atoms with E-state index in [9.17, 15) is 9.18 Å². The van der Waals surface area contributed by atoms with Crippen molar-refractivity contribution in [3.05, 3.63) is 65.6 Å². The second-order valence-corrected chi connectivity index (χ2v) is 6.96. The molecule has 1 aliphatic rings. The highest BCUT2D eigenvalue weighted by atomic mass is 19.1. The lowest BCUT2D eigenvalue weighted by Gasteiger charge is -2.21. The van der Waals surface area contributed by atoms with Crippen LogP contribution in [0.4, 0.5) is 4.39 Å². The van der Waals surface area contributed by atoms with Crippen LogP contribution >= 0.6 is 0 Å². The zero-order valence-corrected chi connectivity index (χ0v) is 15.9. The van der Waals surface area contributed by atoms with Crippen molar-refractivity contribution >= 4 is 16.8 Å². The molecule has 0 bridgehead atoms. The summed E-state index contributed by atoms with van der Waals surface area (Å²) in [5.41, 5.74) is 3.59. The summed E-state index contributed by atoms with van der Waals surface area (Å²) in [6.45, 7) is 2.62. The van der Waals surface area contributed by atoms with Gasteiger partial charge in [-0.1, -0.05) is 12.1 Å². The third-order valence-electron chi connectivity index (χ3n) is 5.15. The minimum Gasteiger partial charge on any atom is -0.484 e. The highest BCUT2D eigenvalue weighted by molar-refractivity contribution is 5.88. The minimum absolute atomic E-state index is 0.0559. The molecule has 1 aliphatic heterocycles. The molecule has 1 amide bonds. The normalized spacial score (nSPS) is 13.6. The number of hydrogen-bond donors (Lipinski definition) is 0. The predicted octanol–water partition coefficient (Wildman–Crippen LogP) is 3.39. The van der Waals surface area contributed by atoms with Crippen LogP contribution < -0.4 is 4.74 Å². The molecule has 2 aromatic carbocycles. The number of carbonyl (C=O) groups is 1. The Morgan fingerprint density at radius 1 is 1.14 bits per heavy atom. The van der Waals surface area contributed by atoms with Crippen LogP contribution in [0.1, 0.15) is 11.1 Å². The number of benzene rings is 2. The van der Waals surface area contributed by atoms with Crippen LogP contribution in [-0.2, 0) is 29.0 Å². The fourth-order valence-corrected chi connectivity index (χ4v) is 3.73. The Labute approximate surface area is 163 Å². The SMILES string of the molecule is COCCn1cc2c3c(cccc31)CN(C(=O)COc1ccc(F)cc1)CC2. The summed E-state index contributed by atoms with van der Waals surface area (Å²) < 4.78 is 26.0. The molecular formula is C22H23FN2O3. The molecule has 0 spiro atoms. The molecule has 2 heterocycles. The molecule has 0 fully saturated rings. The fraction of sp³-hybridized carbons (Fsp3) is 0.318. The number of aromatic nitrogens is 1. The molecule has 5 nitrogen and oxygen atoms in total. The number of rotatable bonds is 6. The van der Waals surface area contributed by atoms with Crippen molar-refractivity contribution in [2.45, 2.75) is 19.5 Å². The van der Waals surface area contributed by atoms with Crippen LogP contribution in [0.3, 0.4) is 0 Å². The maximum absolute atomic E-state index is 13.0. The van der Waals surface area contributed by atoms with E-state index in [0.717, 1.165) is 18.5 Å². The maximum Gasteiger partial charge on any atom is 0.260 e. The average molecular weight is 382 g/mol. The topological polar surface area (TPSA) is 43.7 Å². The highest BCUT2D eigenvalue weighted by Gasteiger charge is 2.22. The van der Waals surface area contributed by atoms with E-state index in [2.05, 4.69) is 22.9 Å². The molecule has 6 heteroatoms. The molecule has 0 unspecified atom stereocenters. The molecule has 0 saturated heterocycles. The molecule has 0 atom stereocenters. The Morgan fingerprint density at radius 2 is 1.96 bits per heavy atom. The predicted molar refractivity (Wildman–Crippen MR) is 105 cm³/mol. The number of amides is 1. The van der Waals surface area contributed by atoms with Gasteiger partial charge >= 0.3 is 0 Å². The van der Waals surface area contributed by atoms with Gasteiger partial charge in [0.2, 0.25) is 0 Å². The first kappa shape index (κ1) is 18.5. The van der Waals surface area contributed by atoms with E-state index >= 15 is 0 Å². The molecule has 0 N–H and O–H groups in total. The Hall–Kier alpha value is -2.86. The van der Waals surface area contributed by atoms with E-state index in [1.165, 1.54) is 40.7 Å². The van der Waals surface area contributed by atoms with E-state index in [4.69, 9.17) is 9.47 Å². The monoisotopic (exact) mass is 382 g/mol. The van der Waals surface area contributed by atoms with Crippen molar-refractivity contribution in [2.75, 3.05) is 26.9 Å².